The van der Waals surface area contributed by atoms with Gasteiger partial charge in [-0.3, -0.25) is 0 Å². The second-order valence-corrected chi connectivity index (χ2v) is 8.93. The maximum Gasteiger partial charge on any atom is 0.146 e. The molecule has 6 rings (SSSR count). The van der Waals surface area contributed by atoms with Crippen LogP contribution in [-0.2, 0) is 5.54 Å². The van der Waals surface area contributed by atoms with Crippen LogP contribution in [0.1, 0.15) is 13.3 Å². The van der Waals surface area contributed by atoms with Crippen LogP contribution < -0.4 is 5.32 Å². The zero-order chi connectivity index (χ0) is 22.0. The molecule has 0 saturated heterocycles. The van der Waals surface area contributed by atoms with Crippen LogP contribution in [0.25, 0.3) is 22.2 Å². The first kappa shape index (κ1) is 19.4. The van der Waals surface area contributed by atoms with Crippen molar-refractivity contribution in [2.24, 2.45) is 11.8 Å². The van der Waals surface area contributed by atoms with E-state index in [1.54, 1.807) is 12.1 Å². The monoisotopic (exact) mass is 430 g/mol. The average Bonchev–Trinajstić information content (AvgIpc) is 3.39. The van der Waals surface area contributed by atoms with E-state index in [-0.39, 0.29) is 17.7 Å². The first-order valence-electron chi connectivity index (χ1n) is 10.8. The fourth-order valence-electron chi connectivity index (χ4n) is 5.50. The molecule has 0 aliphatic heterocycles. The molecule has 0 unspecified atom stereocenters. The summed E-state index contributed by atoms with van der Waals surface area (Å²) in [4.78, 5) is 9.10. The molecular formula is C25H23FN4O2. The third-order valence-electron chi connectivity index (χ3n) is 7.26. The Morgan fingerprint density at radius 1 is 1.06 bits per heavy atom. The lowest BCUT2D eigenvalue weighted by atomic mass is 10.0. The number of anilines is 2. The molecule has 0 radical (unpaired) electrons. The molecule has 7 heteroatoms. The lowest BCUT2D eigenvalue weighted by Gasteiger charge is -2.24. The summed E-state index contributed by atoms with van der Waals surface area (Å²) in [5.41, 5.74) is 2.79. The summed E-state index contributed by atoms with van der Waals surface area (Å²) in [5, 5.41) is 25.6. The highest BCUT2D eigenvalue weighted by atomic mass is 19.1. The minimum atomic E-state index is -0.856. The van der Waals surface area contributed by atoms with Gasteiger partial charge < -0.3 is 20.1 Å². The maximum absolute atomic E-state index is 13.4. The Balaban J connectivity index is 1.56. The third kappa shape index (κ3) is 2.64. The van der Waals surface area contributed by atoms with Gasteiger partial charge in [-0.25, -0.2) is 14.4 Å². The van der Waals surface area contributed by atoms with E-state index in [4.69, 9.17) is 0 Å². The molecule has 0 bridgehead atoms. The van der Waals surface area contributed by atoms with E-state index in [0.717, 1.165) is 22.9 Å². The minimum absolute atomic E-state index is 0.0151. The molecule has 0 amide bonds. The van der Waals surface area contributed by atoms with Crippen molar-refractivity contribution in [3.8, 4) is 11.1 Å². The lowest BCUT2D eigenvalue weighted by molar-refractivity contribution is -0.0138. The number of halogens is 1. The fraction of sp³-hybridized carbons (Fsp3) is 0.280. The fourth-order valence-corrected chi connectivity index (χ4v) is 5.50. The van der Waals surface area contributed by atoms with Crippen LogP contribution in [0.15, 0.2) is 67.1 Å². The first-order chi connectivity index (χ1) is 15.5. The Morgan fingerprint density at radius 3 is 2.50 bits per heavy atom. The molecule has 4 aromatic rings. The topological polar surface area (TPSA) is 83.2 Å². The van der Waals surface area contributed by atoms with Gasteiger partial charge in [0.1, 0.15) is 29.7 Å². The van der Waals surface area contributed by atoms with E-state index in [1.165, 1.54) is 18.5 Å². The number of aliphatic hydroxyl groups is 2. The highest BCUT2D eigenvalue weighted by Crippen LogP contribution is 2.65. The van der Waals surface area contributed by atoms with Gasteiger partial charge in [0.15, 0.2) is 0 Å². The summed E-state index contributed by atoms with van der Waals surface area (Å²) in [5.74, 6) is 0.506. The molecule has 162 valence electrons. The van der Waals surface area contributed by atoms with Gasteiger partial charge in [0.2, 0.25) is 0 Å². The Hall–Kier alpha value is -3.29. The quantitative estimate of drug-likeness (QED) is 0.455. The molecular weight excluding hydrogens is 407 g/mol. The van der Waals surface area contributed by atoms with E-state index < -0.39 is 17.7 Å². The number of rotatable bonds is 4. The number of hydrogen-bond acceptors (Lipinski definition) is 5. The van der Waals surface area contributed by atoms with Crippen LogP contribution >= 0.6 is 0 Å². The predicted molar refractivity (Wildman–Crippen MR) is 120 cm³/mol. The van der Waals surface area contributed by atoms with Gasteiger partial charge in [-0.15, -0.1) is 0 Å². The SMILES string of the molecule is C[C@@H]1[C@@H](O)[C@@H](O)[C@@]2(n3cc(-c4ccccc4)c4c(Nc5ccc(F)cc5)ncnc43)C[C@@H]12. The lowest BCUT2D eigenvalue weighted by Crippen LogP contribution is -2.37. The van der Waals surface area contributed by atoms with Crippen molar-refractivity contribution in [2.75, 3.05) is 5.32 Å². The van der Waals surface area contributed by atoms with Gasteiger partial charge >= 0.3 is 0 Å². The summed E-state index contributed by atoms with van der Waals surface area (Å²) < 4.78 is 15.4. The second-order valence-electron chi connectivity index (χ2n) is 8.93. The average molecular weight is 430 g/mol. The number of benzene rings is 2. The van der Waals surface area contributed by atoms with Crippen molar-refractivity contribution in [3.05, 3.63) is 72.9 Å². The smallest absolute Gasteiger partial charge is 0.146 e. The number of fused-ring (bicyclic) bond motifs is 2. The Bertz CT molecular complexity index is 1310. The van der Waals surface area contributed by atoms with Crippen molar-refractivity contribution in [1.82, 2.24) is 14.5 Å². The van der Waals surface area contributed by atoms with Crippen LogP contribution in [0.3, 0.4) is 0 Å². The van der Waals surface area contributed by atoms with Crippen molar-refractivity contribution in [3.63, 3.8) is 0 Å². The highest BCUT2D eigenvalue weighted by molar-refractivity contribution is 6.02. The number of nitrogens with one attached hydrogen (secondary N) is 1. The largest absolute Gasteiger partial charge is 0.390 e. The van der Waals surface area contributed by atoms with E-state index in [2.05, 4.69) is 15.3 Å². The van der Waals surface area contributed by atoms with Gasteiger partial charge in [-0.1, -0.05) is 37.3 Å². The van der Waals surface area contributed by atoms with Crippen LogP contribution in [0, 0.1) is 17.7 Å². The van der Waals surface area contributed by atoms with Crippen LogP contribution in [0.5, 0.6) is 0 Å². The summed E-state index contributed by atoms with van der Waals surface area (Å²) in [6.45, 7) is 1.99. The van der Waals surface area contributed by atoms with E-state index in [0.29, 0.717) is 17.2 Å². The Labute approximate surface area is 184 Å². The van der Waals surface area contributed by atoms with Gasteiger partial charge in [-0.05, 0) is 48.1 Å². The minimum Gasteiger partial charge on any atom is -0.390 e. The van der Waals surface area contributed by atoms with Crippen molar-refractivity contribution < 1.29 is 14.6 Å². The molecule has 2 saturated carbocycles. The van der Waals surface area contributed by atoms with Gasteiger partial charge in [-0.2, -0.15) is 0 Å². The van der Waals surface area contributed by atoms with Crippen LogP contribution in [0.2, 0.25) is 0 Å². The molecule has 2 aromatic heterocycles. The van der Waals surface area contributed by atoms with Crippen molar-refractivity contribution in [1.29, 1.82) is 0 Å². The maximum atomic E-state index is 13.4. The van der Waals surface area contributed by atoms with E-state index in [9.17, 15) is 14.6 Å². The first-order valence-corrected chi connectivity index (χ1v) is 10.8. The van der Waals surface area contributed by atoms with Gasteiger partial charge in [0, 0.05) is 17.4 Å². The highest BCUT2D eigenvalue weighted by Gasteiger charge is 2.71. The number of aromatic nitrogens is 3. The molecule has 2 fully saturated rings. The number of hydrogen-bond donors (Lipinski definition) is 3. The summed E-state index contributed by atoms with van der Waals surface area (Å²) in [6.07, 6.45) is 2.71. The second kappa shape index (κ2) is 6.85. The third-order valence-corrected chi connectivity index (χ3v) is 7.26. The number of nitrogens with zero attached hydrogens (tertiary/aromatic N) is 3. The van der Waals surface area contributed by atoms with Crippen LogP contribution in [-0.4, -0.2) is 37.0 Å². The standard InChI is InChI=1S/C25H23FN4O2/c1-14-19-11-25(19,22(32)21(14)31)30-12-18(15-5-3-2-4-6-15)20-23(27-13-28-24(20)30)29-17-9-7-16(26)8-10-17/h2-10,12-14,19,21-22,31-32H,11H2,1H3,(H,27,28,29)/t14-,19-,21+,22+,25+/m0/s1. The summed E-state index contributed by atoms with van der Waals surface area (Å²) >= 11 is 0. The van der Waals surface area contributed by atoms with Gasteiger partial charge in [0.25, 0.3) is 0 Å². The van der Waals surface area contributed by atoms with Crippen molar-refractivity contribution >= 4 is 22.5 Å². The van der Waals surface area contributed by atoms with Crippen molar-refractivity contribution in [2.45, 2.75) is 31.1 Å². The number of aliphatic hydroxyl groups excluding tert-OH is 2. The zero-order valence-corrected chi connectivity index (χ0v) is 17.5. The van der Waals surface area contributed by atoms with Crippen LogP contribution in [0.4, 0.5) is 15.9 Å². The summed E-state index contributed by atoms with van der Waals surface area (Å²) in [7, 11) is 0. The van der Waals surface area contributed by atoms with E-state index in [1.807, 2.05) is 48.0 Å². The molecule has 3 N–H and O–H groups in total. The normalized spacial score (nSPS) is 28.6. The molecule has 5 atom stereocenters. The van der Waals surface area contributed by atoms with Gasteiger partial charge in [0.05, 0.1) is 17.0 Å². The molecule has 6 nitrogen and oxygen atoms in total. The Kier molecular flexibility index (Phi) is 4.15. The molecule has 32 heavy (non-hydrogen) atoms. The molecule has 0 spiro atoms. The summed E-state index contributed by atoms with van der Waals surface area (Å²) in [6, 6.07) is 16.1. The molecule has 2 aliphatic rings. The zero-order valence-electron chi connectivity index (χ0n) is 17.5. The molecule has 2 heterocycles. The predicted octanol–water partition coefficient (Wildman–Crippen LogP) is 4.07. The molecule has 2 aliphatic carbocycles. The molecule has 2 aromatic carbocycles. The Morgan fingerprint density at radius 2 is 1.81 bits per heavy atom. The van der Waals surface area contributed by atoms with E-state index >= 15 is 0 Å².